The van der Waals surface area contributed by atoms with Gasteiger partial charge in [0, 0.05) is 12.1 Å². The molecule has 0 saturated heterocycles. The summed E-state index contributed by atoms with van der Waals surface area (Å²) in [6, 6.07) is 15.6. The Bertz CT molecular complexity index is 935. The van der Waals surface area contributed by atoms with Crippen LogP contribution >= 0.6 is 0 Å². The van der Waals surface area contributed by atoms with Crippen molar-refractivity contribution in [3.05, 3.63) is 89.1 Å². The normalized spacial score (nSPS) is 11.1. The molecule has 1 aromatic heterocycles. The van der Waals surface area contributed by atoms with Gasteiger partial charge in [0.05, 0.1) is 17.4 Å². The lowest BCUT2D eigenvalue weighted by Gasteiger charge is -2.09. The molecule has 3 rings (SSSR count). The highest BCUT2D eigenvalue weighted by atomic mass is 19.4. The van der Waals surface area contributed by atoms with Crippen LogP contribution in [0.3, 0.4) is 0 Å². The minimum Gasteiger partial charge on any atom is -0.380 e. The van der Waals surface area contributed by atoms with Crippen LogP contribution in [-0.4, -0.2) is 10.9 Å². The zero-order chi connectivity index (χ0) is 20.1. The third-order valence-electron chi connectivity index (χ3n) is 4.10. The maximum Gasteiger partial charge on any atom is 0.416 e. The maximum atomic E-state index is 12.6. The van der Waals surface area contributed by atoms with E-state index in [1.807, 2.05) is 31.2 Å². The molecule has 1 heterocycles. The number of carbonyl (C=O) groups is 1. The Morgan fingerprint density at radius 2 is 1.64 bits per heavy atom. The maximum absolute atomic E-state index is 12.6. The van der Waals surface area contributed by atoms with E-state index in [0.29, 0.717) is 12.4 Å². The number of nitrogens with zero attached hydrogens (tertiary/aromatic N) is 1. The van der Waals surface area contributed by atoms with Gasteiger partial charge in [-0.05, 0) is 48.9 Å². The molecule has 0 radical (unpaired) electrons. The van der Waals surface area contributed by atoms with Gasteiger partial charge < -0.3 is 10.6 Å². The van der Waals surface area contributed by atoms with Crippen molar-refractivity contribution in [2.24, 2.45) is 0 Å². The lowest BCUT2D eigenvalue weighted by atomic mass is 10.1. The van der Waals surface area contributed by atoms with E-state index in [4.69, 9.17) is 0 Å². The van der Waals surface area contributed by atoms with Crippen LogP contribution in [0.15, 0.2) is 66.9 Å². The number of hydrogen-bond donors (Lipinski definition) is 2. The van der Waals surface area contributed by atoms with Crippen LogP contribution in [0.5, 0.6) is 0 Å². The van der Waals surface area contributed by atoms with Gasteiger partial charge in [-0.25, -0.2) is 4.98 Å². The number of benzene rings is 2. The summed E-state index contributed by atoms with van der Waals surface area (Å²) in [5.41, 5.74) is 2.43. The molecule has 0 atom stereocenters. The summed E-state index contributed by atoms with van der Waals surface area (Å²) in [4.78, 5) is 16.3. The van der Waals surface area contributed by atoms with Crippen molar-refractivity contribution in [1.82, 2.24) is 4.98 Å². The van der Waals surface area contributed by atoms with Crippen LogP contribution in [0.25, 0.3) is 0 Å². The topological polar surface area (TPSA) is 54.0 Å². The molecule has 0 aliphatic carbocycles. The van der Waals surface area contributed by atoms with Gasteiger partial charge in [0.2, 0.25) is 0 Å². The van der Waals surface area contributed by atoms with Crippen LogP contribution in [-0.2, 0) is 12.7 Å². The quantitative estimate of drug-likeness (QED) is 0.629. The van der Waals surface area contributed by atoms with Gasteiger partial charge in [-0.2, -0.15) is 13.2 Å². The number of amides is 1. The molecule has 0 unspecified atom stereocenters. The van der Waals surface area contributed by atoms with Gasteiger partial charge in [-0.15, -0.1) is 0 Å². The molecule has 0 saturated carbocycles. The molecule has 0 aliphatic heterocycles. The van der Waals surface area contributed by atoms with E-state index in [9.17, 15) is 18.0 Å². The van der Waals surface area contributed by atoms with Gasteiger partial charge in [0.1, 0.15) is 5.82 Å². The van der Waals surface area contributed by atoms with Crippen molar-refractivity contribution in [2.45, 2.75) is 19.6 Å². The SMILES string of the molecule is Cc1ccc(CNc2ccc(NC(=O)c3ccc(C(F)(F)F)cc3)nc2)cc1. The number of halogens is 3. The van der Waals surface area contributed by atoms with Crippen molar-refractivity contribution in [3.8, 4) is 0 Å². The van der Waals surface area contributed by atoms with Crippen LogP contribution in [0.2, 0.25) is 0 Å². The number of aromatic nitrogens is 1. The van der Waals surface area contributed by atoms with E-state index in [2.05, 4.69) is 15.6 Å². The van der Waals surface area contributed by atoms with Crippen molar-refractivity contribution >= 4 is 17.4 Å². The van der Waals surface area contributed by atoms with Gasteiger partial charge in [-0.1, -0.05) is 29.8 Å². The number of rotatable bonds is 5. The Morgan fingerprint density at radius 1 is 0.964 bits per heavy atom. The molecular weight excluding hydrogens is 367 g/mol. The van der Waals surface area contributed by atoms with E-state index < -0.39 is 17.6 Å². The molecule has 0 bridgehead atoms. The fraction of sp³-hybridized carbons (Fsp3) is 0.143. The number of pyridine rings is 1. The van der Waals surface area contributed by atoms with Crippen LogP contribution in [0.1, 0.15) is 27.0 Å². The van der Waals surface area contributed by atoms with Crippen molar-refractivity contribution in [1.29, 1.82) is 0 Å². The summed E-state index contributed by atoms with van der Waals surface area (Å²) in [5, 5.41) is 5.80. The Morgan fingerprint density at radius 3 is 2.21 bits per heavy atom. The molecule has 28 heavy (non-hydrogen) atoms. The standard InChI is InChI=1S/C21H18F3N3O/c1-14-2-4-15(5-3-14)12-25-18-10-11-19(26-13-18)27-20(28)16-6-8-17(9-7-16)21(22,23)24/h2-11,13,25H,12H2,1H3,(H,26,27,28). The molecule has 0 aliphatic rings. The lowest BCUT2D eigenvalue weighted by molar-refractivity contribution is -0.137. The van der Waals surface area contributed by atoms with E-state index in [0.717, 1.165) is 35.5 Å². The zero-order valence-electron chi connectivity index (χ0n) is 15.0. The first-order valence-corrected chi connectivity index (χ1v) is 8.55. The monoisotopic (exact) mass is 385 g/mol. The Hall–Kier alpha value is -3.35. The molecule has 4 nitrogen and oxygen atoms in total. The second-order valence-corrected chi connectivity index (χ2v) is 6.30. The molecule has 1 amide bonds. The van der Waals surface area contributed by atoms with Gasteiger partial charge in [0.25, 0.3) is 5.91 Å². The molecule has 3 aromatic rings. The van der Waals surface area contributed by atoms with Crippen LogP contribution in [0, 0.1) is 6.92 Å². The van der Waals surface area contributed by atoms with Crippen molar-refractivity contribution in [2.75, 3.05) is 10.6 Å². The summed E-state index contributed by atoms with van der Waals surface area (Å²) < 4.78 is 37.7. The summed E-state index contributed by atoms with van der Waals surface area (Å²) in [5.74, 6) is -0.215. The summed E-state index contributed by atoms with van der Waals surface area (Å²) in [7, 11) is 0. The van der Waals surface area contributed by atoms with Gasteiger partial charge in [-0.3, -0.25) is 4.79 Å². The molecule has 2 aromatic carbocycles. The Balaban J connectivity index is 1.57. The largest absolute Gasteiger partial charge is 0.416 e. The lowest BCUT2D eigenvalue weighted by Crippen LogP contribution is -2.13. The zero-order valence-corrected chi connectivity index (χ0v) is 15.0. The average Bonchev–Trinajstić information content (AvgIpc) is 2.68. The molecule has 2 N–H and O–H groups in total. The Labute approximate surface area is 160 Å². The molecule has 7 heteroatoms. The highest BCUT2D eigenvalue weighted by Gasteiger charge is 2.30. The summed E-state index contributed by atoms with van der Waals surface area (Å²) >= 11 is 0. The van der Waals surface area contributed by atoms with Crippen molar-refractivity contribution in [3.63, 3.8) is 0 Å². The minimum atomic E-state index is -4.43. The van der Waals surface area contributed by atoms with E-state index in [-0.39, 0.29) is 5.56 Å². The average molecular weight is 385 g/mol. The van der Waals surface area contributed by atoms with Crippen LogP contribution in [0.4, 0.5) is 24.7 Å². The highest BCUT2D eigenvalue weighted by Crippen LogP contribution is 2.29. The second-order valence-electron chi connectivity index (χ2n) is 6.30. The van der Waals surface area contributed by atoms with Crippen LogP contribution < -0.4 is 10.6 Å². The fourth-order valence-electron chi connectivity index (χ4n) is 2.48. The predicted octanol–water partition coefficient (Wildman–Crippen LogP) is 5.27. The minimum absolute atomic E-state index is 0.122. The third kappa shape index (κ3) is 5.09. The Kier molecular flexibility index (Phi) is 5.63. The number of nitrogens with one attached hydrogen (secondary N) is 2. The number of hydrogen-bond acceptors (Lipinski definition) is 3. The second kappa shape index (κ2) is 8.12. The molecule has 144 valence electrons. The number of aryl methyl sites for hydroxylation is 1. The highest BCUT2D eigenvalue weighted by molar-refractivity contribution is 6.03. The van der Waals surface area contributed by atoms with E-state index >= 15 is 0 Å². The fourth-order valence-corrected chi connectivity index (χ4v) is 2.48. The number of anilines is 2. The molecule has 0 spiro atoms. The summed E-state index contributed by atoms with van der Waals surface area (Å²) in [6.45, 7) is 2.66. The third-order valence-corrected chi connectivity index (χ3v) is 4.10. The first-order valence-electron chi connectivity index (χ1n) is 8.55. The predicted molar refractivity (Wildman–Crippen MR) is 102 cm³/mol. The number of alkyl halides is 3. The molecular formula is C21H18F3N3O. The van der Waals surface area contributed by atoms with E-state index in [1.54, 1.807) is 18.3 Å². The van der Waals surface area contributed by atoms with Gasteiger partial charge >= 0.3 is 6.18 Å². The van der Waals surface area contributed by atoms with Gasteiger partial charge in [0.15, 0.2) is 0 Å². The smallest absolute Gasteiger partial charge is 0.380 e. The molecule has 0 fully saturated rings. The first-order chi connectivity index (χ1) is 13.3. The summed E-state index contributed by atoms with van der Waals surface area (Å²) in [6.07, 6.45) is -2.85. The van der Waals surface area contributed by atoms with Crippen molar-refractivity contribution < 1.29 is 18.0 Å². The number of carbonyl (C=O) groups excluding carboxylic acids is 1. The van der Waals surface area contributed by atoms with E-state index in [1.165, 1.54) is 5.56 Å². The first kappa shape index (κ1) is 19.4.